The second kappa shape index (κ2) is 11.0. The quantitative estimate of drug-likeness (QED) is 0.596. The van der Waals surface area contributed by atoms with Crippen molar-refractivity contribution in [3.8, 4) is 0 Å². The summed E-state index contributed by atoms with van der Waals surface area (Å²) in [5, 5.41) is 6.48. The highest BCUT2D eigenvalue weighted by molar-refractivity contribution is 6.13. The van der Waals surface area contributed by atoms with E-state index in [-0.39, 0.29) is 42.9 Å². The summed E-state index contributed by atoms with van der Waals surface area (Å²) >= 11 is 0. The Labute approximate surface area is 218 Å². The molecule has 0 spiro atoms. The normalized spacial score (nSPS) is 22.7. The largest absolute Gasteiger partial charge is 0.345 e. The fraction of sp³-hybridized carbons (Fsp3) is 0.517. The molecule has 3 atom stereocenters. The van der Waals surface area contributed by atoms with Crippen LogP contribution in [0.2, 0.25) is 0 Å². The zero-order valence-electron chi connectivity index (χ0n) is 21.8. The lowest BCUT2D eigenvalue weighted by molar-refractivity contribution is -0.123. The number of carbonyl (C=O) groups is 3. The first-order valence-electron chi connectivity index (χ1n) is 13.6. The number of nitrogens with one attached hydrogen (secondary N) is 2. The van der Waals surface area contributed by atoms with Crippen LogP contribution in [-0.4, -0.2) is 47.9 Å². The first-order valence-corrected chi connectivity index (χ1v) is 13.6. The Bertz CT molecular complexity index is 1150. The van der Waals surface area contributed by atoms with Gasteiger partial charge in [-0.2, -0.15) is 0 Å². The van der Waals surface area contributed by atoms with Gasteiger partial charge in [0.2, 0.25) is 11.8 Å². The summed E-state index contributed by atoms with van der Waals surface area (Å²) in [6.07, 6.45) is 11.1. The van der Waals surface area contributed by atoms with E-state index in [0.29, 0.717) is 23.2 Å². The van der Waals surface area contributed by atoms with Gasteiger partial charge in [-0.05, 0) is 74.8 Å². The van der Waals surface area contributed by atoms with Crippen molar-refractivity contribution >= 4 is 29.1 Å². The van der Waals surface area contributed by atoms with Gasteiger partial charge in [-0.1, -0.05) is 25.8 Å². The van der Waals surface area contributed by atoms with Gasteiger partial charge in [0.15, 0.2) is 0 Å². The second-order valence-corrected chi connectivity index (χ2v) is 10.8. The predicted octanol–water partition coefficient (Wildman–Crippen LogP) is 3.97. The number of anilines is 2. The van der Waals surface area contributed by atoms with Crippen molar-refractivity contribution in [3.05, 3.63) is 53.9 Å². The minimum absolute atomic E-state index is 0.00138. The number of nitrogens with zero attached hydrogens (tertiary/aromatic N) is 3. The standard InChI is InChI=1S/C29H37N5O3/c1-19-7-3-4-11-24(19)31-17-27(35)33-18-28(36)34(23-9-5-10-23)25-13-12-21(15-26(25)33)29(37)32-20(2)22-8-6-14-30-16-22/h6,8,12-16,19-20,23-24,31H,3-5,7,9-11,17-18H2,1-2H3,(H,32,37). The average Bonchev–Trinajstić information content (AvgIpc) is 2.88. The Morgan fingerprint density at radius 3 is 2.59 bits per heavy atom. The molecule has 1 aromatic heterocycles. The third kappa shape index (κ3) is 5.39. The lowest BCUT2D eigenvalue weighted by Gasteiger charge is -2.43. The molecule has 0 radical (unpaired) electrons. The lowest BCUT2D eigenvalue weighted by atomic mass is 9.86. The summed E-state index contributed by atoms with van der Waals surface area (Å²) < 4.78 is 0. The molecule has 2 saturated carbocycles. The van der Waals surface area contributed by atoms with E-state index in [0.717, 1.165) is 36.9 Å². The second-order valence-electron chi connectivity index (χ2n) is 10.8. The monoisotopic (exact) mass is 503 g/mol. The van der Waals surface area contributed by atoms with Crippen LogP contribution in [0, 0.1) is 5.92 Å². The van der Waals surface area contributed by atoms with Gasteiger partial charge >= 0.3 is 0 Å². The topological polar surface area (TPSA) is 94.6 Å². The van der Waals surface area contributed by atoms with Crippen molar-refractivity contribution < 1.29 is 14.4 Å². The number of hydrogen-bond donors (Lipinski definition) is 2. The number of aromatic nitrogens is 1. The third-order valence-electron chi connectivity index (χ3n) is 8.25. The molecule has 1 aromatic carbocycles. The minimum atomic E-state index is -0.229. The molecule has 2 aliphatic carbocycles. The van der Waals surface area contributed by atoms with Crippen LogP contribution in [0.3, 0.4) is 0 Å². The van der Waals surface area contributed by atoms with E-state index >= 15 is 0 Å². The van der Waals surface area contributed by atoms with Crippen LogP contribution < -0.4 is 20.4 Å². The van der Waals surface area contributed by atoms with Crippen LogP contribution in [0.5, 0.6) is 0 Å². The lowest BCUT2D eigenvalue weighted by Crippen LogP contribution is -2.55. The molecule has 3 unspecified atom stereocenters. The Kier molecular flexibility index (Phi) is 7.55. The molecule has 8 heteroatoms. The zero-order valence-corrected chi connectivity index (χ0v) is 21.8. The fourth-order valence-electron chi connectivity index (χ4n) is 5.71. The molecular weight excluding hydrogens is 466 g/mol. The van der Waals surface area contributed by atoms with Gasteiger partial charge in [-0.3, -0.25) is 24.3 Å². The van der Waals surface area contributed by atoms with E-state index in [1.165, 1.54) is 19.3 Å². The summed E-state index contributed by atoms with van der Waals surface area (Å²) in [5.74, 6) is 0.108. The van der Waals surface area contributed by atoms with E-state index in [1.54, 1.807) is 29.4 Å². The molecule has 5 rings (SSSR count). The Morgan fingerprint density at radius 2 is 1.89 bits per heavy atom. The van der Waals surface area contributed by atoms with Gasteiger partial charge < -0.3 is 15.5 Å². The van der Waals surface area contributed by atoms with Crippen LogP contribution in [0.1, 0.15) is 80.8 Å². The zero-order chi connectivity index (χ0) is 25.9. The Morgan fingerprint density at radius 1 is 1.08 bits per heavy atom. The smallest absolute Gasteiger partial charge is 0.251 e. The Hall–Kier alpha value is -3.26. The predicted molar refractivity (Wildman–Crippen MR) is 143 cm³/mol. The highest BCUT2D eigenvalue weighted by atomic mass is 16.2. The van der Waals surface area contributed by atoms with Gasteiger partial charge in [0, 0.05) is 30.0 Å². The molecule has 2 heterocycles. The number of pyridine rings is 1. The molecule has 3 aliphatic rings. The van der Waals surface area contributed by atoms with Gasteiger partial charge in [-0.25, -0.2) is 0 Å². The van der Waals surface area contributed by atoms with Crippen molar-refractivity contribution in [2.45, 2.75) is 76.9 Å². The first-order chi connectivity index (χ1) is 17.9. The molecule has 37 heavy (non-hydrogen) atoms. The minimum Gasteiger partial charge on any atom is -0.345 e. The van der Waals surface area contributed by atoms with Crippen LogP contribution in [0.4, 0.5) is 11.4 Å². The highest BCUT2D eigenvalue weighted by Crippen LogP contribution is 2.40. The van der Waals surface area contributed by atoms with Crippen molar-refractivity contribution in [3.63, 3.8) is 0 Å². The van der Waals surface area contributed by atoms with Gasteiger partial charge in [-0.15, -0.1) is 0 Å². The Balaban J connectivity index is 1.38. The molecular formula is C29H37N5O3. The first kappa shape index (κ1) is 25.4. The number of benzene rings is 1. The van der Waals surface area contributed by atoms with Crippen molar-refractivity contribution in [1.29, 1.82) is 0 Å². The summed E-state index contributed by atoms with van der Waals surface area (Å²) in [5.41, 5.74) is 2.73. The van der Waals surface area contributed by atoms with Crippen LogP contribution in [0.15, 0.2) is 42.7 Å². The molecule has 0 saturated heterocycles. The van der Waals surface area contributed by atoms with Crippen LogP contribution in [0.25, 0.3) is 0 Å². The molecule has 8 nitrogen and oxygen atoms in total. The number of amides is 3. The van der Waals surface area contributed by atoms with Crippen molar-refractivity contribution in [2.24, 2.45) is 5.92 Å². The van der Waals surface area contributed by atoms with E-state index in [2.05, 4.69) is 22.5 Å². The van der Waals surface area contributed by atoms with Crippen LogP contribution in [-0.2, 0) is 9.59 Å². The maximum absolute atomic E-state index is 13.4. The van der Waals surface area contributed by atoms with Gasteiger partial charge in [0.25, 0.3) is 5.91 Å². The van der Waals surface area contributed by atoms with Crippen molar-refractivity contribution in [2.75, 3.05) is 22.9 Å². The van der Waals surface area contributed by atoms with Gasteiger partial charge in [0.1, 0.15) is 6.54 Å². The molecule has 2 aromatic rings. The van der Waals surface area contributed by atoms with Gasteiger partial charge in [0.05, 0.1) is 24.0 Å². The summed E-state index contributed by atoms with van der Waals surface area (Å²) in [4.78, 5) is 47.4. The highest BCUT2D eigenvalue weighted by Gasteiger charge is 2.39. The van der Waals surface area contributed by atoms with E-state index < -0.39 is 0 Å². The maximum atomic E-state index is 13.4. The van der Waals surface area contributed by atoms with Crippen LogP contribution >= 0.6 is 0 Å². The summed E-state index contributed by atoms with van der Waals surface area (Å²) in [6.45, 7) is 4.33. The number of carbonyl (C=O) groups excluding carboxylic acids is 3. The maximum Gasteiger partial charge on any atom is 0.251 e. The molecule has 2 N–H and O–H groups in total. The molecule has 196 valence electrons. The third-order valence-corrected chi connectivity index (χ3v) is 8.25. The van der Waals surface area contributed by atoms with E-state index in [9.17, 15) is 14.4 Å². The van der Waals surface area contributed by atoms with Crippen molar-refractivity contribution in [1.82, 2.24) is 15.6 Å². The summed E-state index contributed by atoms with van der Waals surface area (Å²) in [6, 6.07) is 9.36. The van der Waals surface area contributed by atoms with E-state index in [4.69, 9.17) is 0 Å². The average molecular weight is 504 g/mol. The molecule has 3 amide bonds. The fourth-order valence-corrected chi connectivity index (χ4v) is 5.71. The number of hydrogen-bond acceptors (Lipinski definition) is 5. The summed E-state index contributed by atoms with van der Waals surface area (Å²) in [7, 11) is 0. The molecule has 0 bridgehead atoms. The SMILES string of the molecule is CC(NC(=O)c1ccc2c(c1)N(C(=O)CNC1CCCCC1C)CC(=O)N2C1CCC1)c1cccnc1. The number of rotatable bonds is 7. The number of fused-ring (bicyclic) bond motifs is 1. The molecule has 1 aliphatic heterocycles. The molecule has 2 fully saturated rings. The van der Waals surface area contributed by atoms with E-state index in [1.807, 2.05) is 30.0 Å².